The maximum atomic E-state index is 12.3. The zero-order valence-corrected chi connectivity index (χ0v) is 12.4. The minimum atomic E-state index is 0.119. The monoisotopic (exact) mass is 293 g/mol. The molecule has 3 rings (SSSR count). The van der Waals surface area contributed by atoms with Gasteiger partial charge in [-0.25, -0.2) is 0 Å². The van der Waals surface area contributed by atoms with Crippen molar-refractivity contribution >= 4 is 17.7 Å². The molecule has 1 aromatic rings. The number of amides is 1. The first kappa shape index (κ1) is 13.6. The molecular formula is C15H19NO3S. The van der Waals surface area contributed by atoms with Crippen molar-refractivity contribution in [2.75, 3.05) is 19.1 Å². The summed E-state index contributed by atoms with van der Waals surface area (Å²) >= 11 is 1.82. The molecule has 2 aliphatic rings. The van der Waals surface area contributed by atoms with Crippen molar-refractivity contribution in [3.63, 3.8) is 0 Å². The van der Waals surface area contributed by atoms with E-state index in [1.807, 2.05) is 34.9 Å². The minimum absolute atomic E-state index is 0.119. The molecule has 0 N–H and O–H groups in total. The van der Waals surface area contributed by atoms with Crippen LogP contribution in [0, 0.1) is 0 Å². The van der Waals surface area contributed by atoms with Crippen LogP contribution in [0.2, 0.25) is 0 Å². The fourth-order valence-corrected chi connectivity index (χ4v) is 3.81. The molecule has 1 unspecified atom stereocenters. The second-order valence-corrected chi connectivity index (χ2v) is 6.21. The number of carbonyl (C=O) groups is 1. The van der Waals surface area contributed by atoms with Crippen LogP contribution in [0.4, 0.5) is 0 Å². The van der Waals surface area contributed by atoms with Crippen molar-refractivity contribution < 1.29 is 14.3 Å². The molecule has 1 aromatic carbocycles. The van der Waals surface area contributed by atoms with Crippen LogP contribution in [0.1, 0.15) is 37.1 Å². The molecule has 0 spiro atoms. The molecule has 108 valence electrons. The Hall–Kier alpha value is -1.36. The van der Waals surface area contributed by atoms with Crippen LogP contribution in [0.25, 0.3) is 0 Å². The Morgan fingerprint density at radius 2 is 2.25 bits per heavy atom. The van der Waals surface area contributed by atoms with Crippen LogP contribution >= 0.6 is 11.8 Å². The molecule has 0 aliphatic carbocycles. The van der Waals surface area contributed by atoms with Gasteiger partial charge in [0.25, 0.3) is 0 Å². The first-order valence-corrected chi connectivity index (χ1v) is 8.15. The summed E-state index contributed by atoms with van der Waals surface area (Å²) in [5.74, 6) is 2.84. The van der Waals surface area contributed by atoms with Gasteiger partial charge in [0.2, 0.25) is 12.7 Å². The van der Waals surface area contributed by atoms with Crippen LogP contribution in [-0.2, 0) is 4.79 Å². The number of rotatable bonds is 4. The first-order chi connectivity index (χ1) is 9.79. The van der Waals surface area contributed by atoms with E-state index in [1.54, 1.807) is 0 Å². The Morgan fingerprint density at radius 1 is 1.40 bits per heavy atom. The minimum Gasteiger partial charge on any atom is -0.454 e. The highest BCUT2D eigenvalue weighted by atomic mass is 32.2. The lowest BCUT2D eigenvalue weighted by molar-refractivity contribution is -0.131. The quantitative estimate of drug-likeness (QED) is 0.854. The van der Waals surface area contributed by atoms with Gasteiger partial charge >= 0.3 is 0 Å². The Labute approximate surface area is 123 Å². The number of hydrogen-bond acceptors (Lipinski definition) is 4. The lowest BCUT2D eigenvalue weighted by Crippen LogP contribution is -2.30. The Bertz CT molecular complexity index is 506. The van der Waals surface area contributed by atoms with Crippen LogP contribution in [0.5, 0.6) is 11.5 Å². The van der Waals surface area contributed by atoms with Gasteiger partial charge in [-0.3, -0.25) is 4.79 Å². The normalized spacial score (nSPS) is 20.4. The third-order valence-corrected chi connectivity index (χ3v) is 4.90. The number of unbranched alkanes of at least 4 members (excludes halogenated alkanes) is 1. The smallest absolute Gasteiger partial charge is 0.231 e. The van der Waals surface area contributed by atoms with Gasteiger partial charge in [-0.15, -0.1) is 11.8 Å². The molecule has 0 aromatic heterocycles. The Kier molecular flexibility index (Phi) is 4.05. The number of ether oxygens (including phenoxy) is 2. The van der Waals surface area contributed by atoms with E-state index < -0.39 is 0 Å². The highest BCUT2D eigenvalue weighted by Gasteiger charge is 2.31. The third-order valence-electron chi connectivity index (χ3n) is 3.64. The predicted octanol–water partition coefficient (Wildman–Crippen LogP) is 3.18. The molecule has 1 saturated heterocycles. The van der Waals surface area contributed by atoms with E-state index in [0.717, 1.165) is 42.2 Å². The molecule has 0 saturated carbocycles. The van der Waals surface area contributed by atoms with Crippen LogP contribution in [0.15, 0.2) is 18.2 Å². The number of thioether (sulfide) groups is 1. The summed E-state index contributed by atoms with van der Waals surface area (Å²) in [5, 5.41) is 0.119. The van der Waals surface area contributed by atoms with E-state index in [9.17, 15) is 4.79 Å². The zero-order valence-electron chi connectivity index (χ0n) is 11.6. The van der Waals surface area contributed by atoms with Gasteiger partial charge in [0.05, 0.1) is 0 Å². The SMILES string of the molecule is CCCCC(=O)N1CCSC1c1ccc2c(c1)OCO2. The summed E-state index contributed by atoms with van der Waals surface area (Å²) in [6, 6.07) is 5.98. The fourth-order valence-electron chi connectivity index (χ4n) is 2.54. The summed E-state index contributed by atoms with van der Waals surface area (Å²) in [7, 11) is 0. The average molecular weight is 293 g/mol. The van der Waals surface area contributed by atoms with Gasteiger partial charge in [0.15, 0.2) is 11.5 Å². The van der Waals surface area contributed by atoms with Gasteiger partial charge in [0, 0.05) is 18.7 Å². The molecule has 5 heteroatoms. The molecular weight excluding hydrogens is 274 g/mol. The Balaban J connectivity index is 1.76. The first-order valence-electron chi connectivity index (χ1n) is 7.10. The van der Waals surface area contributed by atoms with Crippen molar-refractivity contribution in [3.05, 3.63) is 23.8 Å². The molecule has 2 heterocycles. The van der Waals surface area contributed by atoms with Crippen LogP contribution in [-0.4, -0.2) is 29.9 Å². The number of hydrogen-bond donors (Lipinski definition) is 0. The van der Waals surface area contributed by atoms with E-state index >= 15 is 0 Å². The molecule has 0 radical (unpaired) electrons. The molecule has 0 bridgehead atoms. The van der Waals surface area contributed by atoms with E-state index in [2.05, 4.69) is 6.92 Å². The van der Waals surface area contributed by atoms with E-state index in [0.29, 0.717) is 6.42 Å². The topological polar surface area (TPSA) is 38.8 Å². The maximum absolute atomic E-state index is 12.3. The average Bonchev–Trinajstić information content (AvgIpc) is 3.11. The van der Waals surface area contributed by atoms with Crippen molar-refractivity contribution in [2.45, 2.75) is 31.6 Å². The van der Waals surface area contributed by atoms with Gasteiger partial charge in [-0.1, -0.05) is 19.4 Å². The summed E-state index contributed by atoms with van der Waals surface area (Å²) in [6.45, 7) is 3.24. The second-order valence-electron chi connectivity index (χ2n) is 5.03. The zero-order chi connectivity index (χ0) is 13.9. The fraction of sp³-hybridized carbons (Fsp3) is 0.533. The van der Waals surface area contributed by atoms with Crippen molar-refractivity contribution in [2.24, 2.45) is 0 Å². The summed E-state index contributed by atoms with van der Waals surface area (Å²) < 4.78 is 10.8. The number of benzene rings is 1. The number of carbonyl (C=O) groups excluding carboxylic acids is 1. The standard InChI is InChI=1S/C15H19NO3S/c1-2-3-4-14(17)16-7-8-20-15(16)11-5-6-12-13(9-11)19-10-18-12/h5-6,9,15H,2-4,7-8,10H2,1H3. The van der Waals surface area contributed by atoms with Gasteiger partial charge in [-0.2, -0.15) is 0 Å². The van der Waals surface area contributed by atoms with Crippen LogP contribution < -0.4 is 9.47 Å². The molecule has 2 aliphatic heterocycles. The Morgan fingerprint density at radius 3 is 3.10 bits per heavy atom. The van der Waals surface area contributed by atoms with Crippen LogP contribution in [0.3, 0.4) is 0 Å². The van der Waals surface area contributed by atoms with E-state index in [-0.39, 0.29) is 18.1 Å². The lowest BCUT2D eigenvalue weighted by atomic mass is 10.1. The summed E-state index contributed by atoms with van der Waals surface area (Å²) in [6.07, 6.45) is 2.67. The van der Waals surface area contributed by atoms with Crippen molar-refractivity contribution in [1.29, 1.82) is 0 Å². The molecule has 20 heavy (non-hydrogen) atoms. The van der Waals surface area contributed by atoms with Crippen molar-refractivity contribution in [3.8, 4) is 11.5 Å². The number of fused-ring (bicyclic) bond motifs is 1. The summed E-state index contributed by atoms with van der Waals surface area (Å²) in [5.41, 5.74) is 1.13. The van der Waals surface area contributed by atoms with Gasteiger partial charge < -0.3 is 14.4 Å². The van der Waals surface area contributed by atoms with E-state index in [1.165, 1.54) is 0 Å². The second kappa shape index (κ2) is 5.95. The molecule has 1 atom stereocenters. The van der Waals surface area contributed by atoms with Gasteiger partial charge in [-0.05, 0) is 24.1 Å². The molecule has 1 amide bonds. The highest BCUT2D eigenvalue weighted by Crippen LogP contribution is 2.42. The molecule has 4 nitrogen and oxygen atoms in total. The highest BCUT2D eigenvalue weighted by molar-refractivity contribution is 7.99. The van der Waals surface area contributed by atoms with E-state index in [4.69, 9.17) is 9.47 Å². The number of nitrogens with zero attached hydrogens (tertiary/aromatic N) is 1. The predicted molar refractivity (Wildman–Crippen MR) is 79.0 cm³/mol. The third kappa shape index (κ3) is 2.59. The maximum Gasteiger partial charge on any atom is 0.231 e. The largest absolute Gasteiger partial charge is 0.454 e. The van der Waals surface area contributed by atoms with Gasteiger partial charge in [0.1, 0.15) is 5.37 Å². The molecule has 1 fully saturated rings. The lowest BCUT2D eigenvalue weighted by Gasteiger charge is -2.24. The summed E-state index contributed by atoms with van der Waals surface area (Å²) in [4.78, 5) is 14.3. The van der Waals surface area contributed by atoms with Crippen molar-refractivity contribution in [1.82, 2.24) is 4.90 Å².